The summed E-state index contributed by atoms with van der Waals surface area (Å²) in [4.78, 5) is 32.4. The maximum absolute atomic E-state index is 10.9. The van der Waals surface area contributed by atoms with E-state index >= 15 is 0 Å². The van der Waals surface area contributed by atoms with E-state index in [0.717, 1.165) is 0 Å². The fourth-order valence-electron chi connectivity index (χ4n) is 0.922. The monoisotopic (exact) mass is 219 g/mol. The molecular weight excluding hydrogens is 210 g/mol. The predicted octanol–water partition coefficient (Wildman–Crippen LogP) is 0.511. The van der Waals surface area contributed by atoms with Gasteiger partial charge >= 0.3 is 6.16 Å². The van der Waals surface area contributed by atoms with E-state index in [1.807, 2.05) is 0 Å². The fourth-order valence-corrected chi connectivity index (χ4v) is 1.64. The maximum atomic E-state index is 10.9. The summed E-state index contributed by atoms with van der Waals surface area (Å²) >= 11 is 0.624. The van der Waals surface area contributed by atoms with Crippen LogP contribution in [-0.2, 0) is 14.3 Å². The van der Waals surface area contributed by atoms with E-state index in [4.69, 9.17) is 0 Å². The molecule has 0 aromatic heterocycles. The Morgan fingerprint density at radius 2 is 2.36 bits per heavy atom. The highest BCUT2D eigenvalue weighted by Crippen LogP contribution is 2.15. The van der Waals surface area contributed by atoms with Gasteiger partial charge in [0, 0.05) is 18.2 Å². The zero-order valence-corrected chi connectivity index (χ0v) is 8.26. The summed E-state index contributed by atoms with van der Waals surface area (Å²) in [5.74, 6) is 0. The number of rotatable bonds is 2. The van der Waals surface area contributed by atoms with Gasteiger partial charge in [-0.05, 0) is 0 Å². The van der Waals surface area contributed by atoms with Crippen LogP contribution in [0.3, 0.4) is 0 Å². The Morgan fingerprint density at radius 3 is 2.93 bits per heavy atom. The first-order chi connectivity index (χ1) is 6.61. The van der Waals surface area contributed by atoms with Gasteiger partial charge in [-0.25, -0.2) is 4.79 Å². The molecule has 0 saturated carbocycles. The number of nitrogens with one attached hydrogen (secondary N) is 1. The Balaban J connectivity index is 2.33. The molecule has 1 aliphatic heterocycles. The molecule has 1 heterocycles. The summed E-state index contributed by atoms with van der Waals surface area (Å²) in [5.41, 5.74) is 0. The topological polar surface area (TPSA) is 81.7 Å². The minimum atomic E-state index is -0.829. The summed E-state index contributed by atoms with van der Waals surface area (Å²) in [6, 6.07) is -0.449. The van der Waals surface area contributed by atoms with Gasteiger partial charge in [0.1, 0.15) is 6.61 Å². The second-order valence-electron chi connectivity index (χ2n) is 2.57. The summed E-state index contributed by atoms with van der Waals surface area (Å²) in [7, 11) is 1.18. The fraction of sp³-hybridized carbons (Fsp3) is 0.571. The number of hydrogen-bond acceptors (Lipinski definition) is 6. The number of carbonyl (C=O) groups is 3. The van der Waals surface area contributed by atoms with Crippen molar-refractivity contribution in [1.29, 1.82) is 0 Å². The lowest BCUT2D eigenvalue weighted by molar-refractivity contribution is -0.111. The van der Waals surface area contributed by atoms with E-state index in [-0.39, 0.29) is 18.1 Å². The molecule has 0 aliphatic carbocycles. The second-order valence-corrected chi connectivity index (χ2v) is 3.60. The minimum absolute atomic E-state index is 0.0509. The lowest BCUT2D eigenvalue weighted by Crippen LogP contribution is -2.42. The average Bonchev–Trinajstić information content (AvgIpc) is 2.12. The van der Waals surface area contributed by atoms with Crippen molar-refractivity contribution >= 4 is 28.3 Å². The number of carbonyl (C=O) groups excluding carboxylic acids is 3. The molecule has 1 saturated heterocycles. The number of methoxy groups -OCH3 is 1. The highest BCUT2D eigenvalue weighted by molar-refractivity contribution is 8.26. The number of hydrogen-bond donors (Lipinski definition) is 1. The van der Waals surface area contributed by atoms with Gasteiger partial charge in [0.05, 0.1) is 13.2 Å². The SMILES string of the molecule is COC(=O)OCC1CC(=O)SC(=O)N1. The van der Waals surface area contributed by atoms with Crippen molar-refractivity contribution < 1.29 is 23.9 Å². The standard InChI is InChI=1S/C7H9NO5S/c1-12-7(11)13-3-4-2-5(9)14-6(10)8-4/h4H,2-3H2,1H3,(H,8,10). The van der Waals surface area contributed by atoms with Gasteiger partial charge in [-0.2, -0.15) is 0 Å². The van der Waals surface area contributed by atoms with Gasteiger partial charge in [-0.1, -0.05) is 0 Å². The minimum Gasteiger partial charge on any atom is -0.438 e. The van der Waals surface area contributed by atoms with Crippen molar-refractivity contribution in [3.8, 4) is 0 Å². The Labute approximate surface area is 84.3 Å². The van der Waals surface area contributed by atoms with Crippen molar-refractivity contribution in [3.63, 3.8) is 0 Å². The Kier molecular flexibility index (Phi) is 3.75. The van der Waals surface area contributed by atoms with Gasteiger partial charge < -0.3 is 14.8 Å². The highest BCUT2D eigenvalue weighted by atomic mass is 32.2. The maximum Gasteiger partial charge on any atom is 0.508 e. The molecule has 14 heavy (non-hydrogen) atoms. The number of ether oxygens (including phenoxy) is 2. The Morgan fingerprint density at radius 1 is 1.64 bits per heavy atom. The Hall–Kier alpha value is -1.24. The van der Waals surface area contributed by atoms with Gasteiger partial charge in [0.2, 0.25) is 0 Å². The molecule has 0 bridgehead atoms. The molecule has 0 aromatic rings. The van der Waals surface area contributed by atoms with Crippen molar-refractivity contribution in [2.75, 3.05) is 13.7 Å². The lowest BCUT2D eigenvalue weighted by Gasteiger charge is -2.20. The third-order valence-electron chi connectivity index (χ3n) is 1.51. The summed E-state index contributed by atoms with van der Waals surface area (Å²) in [6.07, 6.45) is -0.669. The highest BCUT2D eigenvalue weighted by Gasteiger charge is 2.26. The molecule has 1 N–H and O–H groups in total. The second kappa shape index (κ2) is 4.85. The molecule has 7 heteroatoms. The molecule has 0 aromatic carbocycles. The van der Waals surface area contributed by atoms with Gasteiger partial charge in [0.25, 0.3) is 5.24 Å². The molecule has 1 aliphatic rings. The Bertz CT molecular complexity index is 251. The van der Waals surface area contributed by atoms with Crippen molar-refractivity contribution in [1.82, 2.24) is 5.32 Å². The molecule has 1 atom stereocenters. The first kappa shape index (κ1) is 10.8. The van der Waals surface area contributed by atoms with Crippen LogP contribution in [0.15, 0.2) is 0 Å². The van der Waals surface area contributed by atoms with Crippen LogP contribution in [0.1, 0.15) is 6.42 Å². The van der Waals surface area contributed by atoms with E-state index in [0.29, 0.717) is 11.8 Å². The van der Waals surface area contributed by atoms with Crippen LogP contribution in [0, 0.1) is 0 Å². The van der Waals surface area contributed by atoms with E-state index in [1.165, 1.54) is 7.11 Å². The van der Waals surface area contributed by atoms with Crippen LogP contribution in [0.25, 0.3) is 0 Å². The average molecular weight is 219 g/mol. The van der Waals surface area contributed by atoms with Gasteiger partial charge in [-0.15, -0.1) is 0 Å². The van der Waals surface area contributed by atoms with Crippen molar-refractivity contribution in [2.45, 2.75) is 12.5 Å². The summed E-state index contributed by atoms with van der Waals surface area (Å²) < 4.78 is 8.82. The molecule has 1 fully saturated rings. The zero-order chi connectivity index (χ0) is 10.6. The van der Waals surface area contributed by atoms with Crippen LogP contribution >= 0.6 is 11.8 Å². The molecule has 6 nitrogen and oxygen atoms in total. The quantitative estimate of drug-likeness (QED) is 0.681. The van der Waals surface area contributed by atoms with E-state index < -0.39 is 17.4 Å². The number of thioether (sulfide) groups is 1. The van der Waals surface area contributed by atoms with Gasteiger partial charge in [-0.3, -0.25) is 9.59 Å². The van der Waals surface area contributed by atoms with E-state index in [1.54, 1.807) is 0 Å². The van der Waals surface area contributed by atoms with Crippen molar-refractivity contribution in [3.05, 3.63) is 0 Å². The van der Waals surface area contributed by atoms with Crippen LogP contribution in [0.5, 0.6) is 0 Å². The summed E-state index contributed by atoms with van der Waals surface area (Å²) in [6.45, 7) is -0.0509. The lowest BCUT2D eigenvalue weighted by atomic mass is 10.2. The third kappa shape index (κ3) is 3.25. The molecule has 0 spiro atoms. The molecule has 0 radical (unpaired) electrons. The zero-order valence-electron chi connectivity index (χ0n) is 7.44. The van der Waals surface area contributed by atoms with Gasteiger partial charge in [0.15, 0.2) is 5.12 Å². The molecular formula is C7H9NO5S. The molecule has 1 rings (SSSR count). The number of amides is 1. The van der Waals surface area contributed by atoms with E-state index in [9.17, 15) is 14.4 Å². The predicted molar refractivity (Wildman–Crippen MR) is 47.9 cm³/mol. The molecule has 1 amide bonds. The third-order valence-corrected chi connectivity index (χ3v) is 2.21. The van der Waals surface area contributed by atoms with Crippen LogP contribution in [0.2, 0.25) is 0 Å². The van der Waals surface area contributed by atoms with E-state index in [2.05, 4.69) is 14.8 Å². The van der Waals surface area contributed by atoms with Crippen molar-refractivity contribution in [2.24, 2.45) is 0 Å². The smallest absolute Gasteiger partial charge is 0.438 e. The van der Waals surface area contributed by atoms with Crippen LogP contribution in [-0.4, -0.2) is 36.3 Å². The first-order valence-electron chi connectivity index (χ1n) is 3.83. The first-order valence-corrected chi connectivity index (χ1v) is 4.65. The normalized spacial score (nSPS) is 21.4. The molecule has 78 valence electrons. The largest absolute Gasteiger partial charge is 0.508 e. The van der Waals surface area contributed by atoms with Crippen LogP contribution in [0.4, 0.5) is 9.59 Å². The summed E-state index contributed by atoms with van der Waals surface area (Å²) in [5, 5.41) is 1.85. The van der Waals surface area contributed by atoms with Crippen LogP contribution < -0.4 is 5.32 Å². The molecule has 1 unspecified atom stereocenters.